The van der Waals surface area contributed by atoms with E-state index in [1.165, 1.54) is 24.3 Å². The first-order chi connectivity index (χ1) is 13.0. The third-order valence-electron chi connectivity index (χ3n) is 4.10. The van der Waals surface area contributed by atoms with Crippen LogP contribution in [0.4, 0.5) is 8.78 Å². The quantitative estimate of drug-likeness (QED) is 0.553. The topological polar surface area (TPSA) is 73.2 Å². The first kappa shape index (κ1) is 21.4. The molecule has 3 N–H and O–H groups in total. The highest BCUT2D eigenvalue weighted by molar-refractivity contribution is 5.30. The minimum Gasteiger partial charge on any atom is -0.395 e. The number of hydrogen-bond donors (Lipinski definition) is 3. The van der Waals surface area contributed by atoms with Gasteiger partial charge >= 0.3 is 0 Å². The molecule has 148 valence electrons. The lowest BCUT2D eigenvalue weighted by Crippen LogP contribution is -2.38. The Hall–Kier alpha value is -1.90. The summed E-state index contributed by atoms with van der Waals surface area (Å²) in [5.41, 5.74) is 1.36. The number of ether oxygens (including phenoxy) is 1. The van der Waals surface area contributed by atoms with E-state index in [-0.39, 0.29) is 38.0 Å². The van der Waals surface area contributed by atoms with Crippen LogP contribution in [0.5, 0.6) is 0 Å². The Balaban J connectivity index is 2.07. The average molecular weight is 381 g/mol. The van der Waals surface area contributed by atoms with E-state index < -0.39 is 12.2 Å². The lowest BCUT2D eigenvalue weighted by Gasteiger charge is -2.25. The van der Waals surface area contributed by atoms with E-state index in [9.17, 15) is 13.9 Å². The van der Waals surface area contributed by atoms with Crippen molar-refractivity contribution in [2.45, 2.75) is 12.2 Å². The Bertz CT molecular complexity index is 615. The van der Waals surface area contributed by atoms with Gasteiger partial charge in [-0.25, -0.2) is 8.78 Å². The molecule has 0 fully saturated rings. The highest BCUT2D eigenvalue weighted by atomic mass is 19.1. The predicted molar refractivity (Wildman–Crippen MR) is 97.2 cm³/mol. The fourth-order valence-electron chi connectivity index (χ4n) is 2.80. The Morgan fingerprint density at radius 3 is 1.67 bits per heavy atom. The highest BCUT2D eigenvalue weighted by Crippen LogP contribution is 2.26. The second-order valence-electron chi connectivity index (χ2n) is 6.22. The number of halogens is 2. The standard InChI is InChI=1S/C20H25F2NO4/c21-17-5-1-15(2-6-17)20(16-3-7-18(22)8-4-16)27-14-19(26)13-23(9-11-24)10-12-25/h1-8,19-20,24-26H,9-14H2/t19-/m1/s1. The molecule has 0 radical (unpaired) electrons. The van der Waals surface area contributed by atoms with Gasteiger partial charge in [0.05, 0.1) is 25.9 Å². The van der Waals surface area contributed by atoms with Crippen LogP contribution in [0.2, 0.25) is 0 Å². The van der Waals surface area contributed by atoms with Gasteiger partial charge in [-0.05, 0) is 35.4 Å². The summed E-state index contributed by atoms with van der Waals surface area (Å²) in [5.74, 6) is -0.749. The molecule has 2 aromatic carbocycles. The number of aliphatic hydroxyl groups excluding tert-OH is 3. The molecule has 1 atom stereocenters. The number of aliphatic hydroxyl groups is 3. The van der Waals surface area contributed by atoms with Gasteiger partial charge in [0.15, 0.2) is 0 Å². The van der Waals surface area contributed by atoms with Crippen LogP contribution in [-0.2, 0) is 4.74 Å². The van der Waals surface area contributed by atoms with E-state index in [0.717, 1.165) is 0 Å². The summed E-state index contributed by atoms with van der Waals surface area (Å²) in [6.45, 7) is 0.699. The summed E-state index contributed by atoms with van der Waals surface area (Å²) in [5, 5.41) is 28.3. The summed E-state index contributed by atoms with van der Waals surface area (Å²) in [4.78, 5) is 1.72. The normalized spacial score (nSPS) is 12.7. The van der Waals surface area contributed by atoms with Crippen molar-refractivity contribution >= 4 is 0 Å². The molecule has 7 heteroatoms. The molecule has 0 heterocycles. The van der Waals surface area contributed by atoms with Gasteiger partial charge in [0.2, 0.25) is 0 Å². The van der Waals surface area contributed by atoms with Crippen molar-refractivity contribution in [1.82, 2.24) is 4.90 Å². The van der Waals surface area contributed by atoms with Crippen molar-refractivity contribution in [3.63, 3.8) is 0 Å². The molecule has 0 saturated carbocycles. The zero-order valence-electron chi connectivity index (χ0n) is 15.0. The van der Waals surface area contributed by atoms with Gasteiger partial charge in [0.25, 0.3) is 0 Å². The van der Waals surface area contributed by atoms with Crippen LogP contribution in [0.15, 0.2) is 48.5 Å². The zero-order valence-corrected chi connectivity index (χ0v) is 15.0. The van der Waals surface area contributed by atoms with Crippen LogP contribution in [0, 0.1) is 11.6 Å². The molecule has 0 bridgehead atoms. The summed E-state index contributed by atoms with van der Waals surface area (Å²) in [7, 11) is 0. The molecule has 0 amide bonds. The average Bonchev–Trinajstić information content (AvgIpc) is 2.65. The zero-order chi connectivity index (χ0) is 19.6. The second kappa shape index (κ2) is 11.1. The van der Waals surface area contributed by atoms with Gasteiger partial charge in [0, 0.05) is 19.6 Å². The highest BCUT2D eigenvalue weighted by Gasteiger charge is 2.18. The third-order valence-corrected chi connectivity index (χ3v) is 4.10. The van der Waals surface area contributed by atoms with Gasteiger partial charge in [-0.2, -0.15) is 0 Å². The van der Waals surface area contributed by atoms with E-state index in [2.05, 4.69) is 0 Å². The van der Waals surface area contributed by atoms with Gasteiger partial charge in [-0.1, -0.05) is 24.3 Å². The SMILES string of the molecule is OCCN(CCO)C[C@@H](O)COC(c1ccc(F)cc1)c1ccc(F)cc1. The molecular weight excluding hydrogens is 356 g/mol. The van der Waals surface area contributed by atoms with Crippen molar-refractivity contribution in [1.29, 1.82) is 0 Å². The van der Waals surface area contributed by atoms with Crippen molar-refractivity contribution < 1.29 is 28.8 Å². The largest absolute Gasteiger partial charge is 0.395 e. The first-order valence-electron chi connectivity index (χ1n) is 8.78. The van der Waals surface area contributed by atoms with Gasteiger partial charge in [0.1, 0.15) is 17.7 Å². The second-order valence-corrected chi connectivity index (χ2v) is 6.22. The van der Waals surface area contributed by atoms with E-state index in [1.807, 2.05) is 0 Å². The maximum atomic E-state index is 13.2. The van der Waals surface area contributed by atoms with Crippen LogP contribution in [-0.4, -0.2) is 65.8 Å². The number of rotatable bonds is 11. The minimum atomic E-state index is -0.855. The molecule has 2 rings (SSSR count). The minimum absolute atomic E-state index is 0.0211. The molecule has 2 aromatic rings. The molecule has 0 aliphatic carbocycles. The van der Waals surface area contributed by atoms with Crippen molar-refractivity contribution in [3.8, 4) is 0 Å². The maximum absolute atomic E-state index is 13.2. The summed E-state index contributed by atoms with van der Waals surface area (Å²) >= 11 is 0. The predicted octanol–water partition coefficient (Wildman–Crippen LogP) is 1.72. The molecule has 27 heavy (non-hydrogen) atoms. The van der Waals surface area contributed by atoms with Gasteiger partial charge in [-0.15, -0.1) is 0 Å². The van der Waals surface area contributed by atoms with E-state index in [0.29, 0.717) is 24.2 Å². The Morgan fingerprint density at radius 2 is 1.26 bits per heavy atom. The molecule has 0 unspecified atom stereocenters. The summed E-state index contributed by atoms with van der Waals surface area (Å²) in [6, 6.07) is 11.6. The van der Waals surface area contributed by atoms with Gasteiger partial charge in [-0.3, -0.25) is 4.90 Å². The molecule has 0 aliphatic heterocycles. The summed E-state index contributed by atoms with van der Waals surface area (Å²) < 4.78 is 32.3. The number of hydrogen-bond acceptors (Lipinski definition) is 5. The lowest BCUT2D eigenvalue weighted by atomic mass is 10.0. The molecule has 5 nitrogen and oxygen atoms in total. The molecule has 0 spiro atoms. The first-order valence-corrected chi connectivity index (χ1v) is 8.78. The molecule has 0 aliphatic rings. The van der Waals surface area contributed by atoms with Gasteiger partial charge < -0.3 is 20.1 Å². The van der Waals surface area contributed by atoms with Crippen molar-refractivity contribution in [3.05, 3.63) is 71.3 Å². The molecule has 0 saturated heterocycles. The van der Waals surface area contributed by atoms with Crippen LogP contribution >= 0.6 is 0 Å². The molecular formula is C20H25F2NO4. The molecule has 0 aromatic heterocycles. The van der Waals surface area contributed by atoms with Crippen LogP contribution in [0.1, 0.15) is 17.2 Å². The fraction of sp³-hybridized carbons (Fsp3) is 0.400. The number of benzene rings is 2. The third kappa shape index (κ3) is 6.97. The summed E-state index contributed by atoms with van der Waals surface area (Å²) in [6.07, 6.45) is -1.45. The fourth-order valence-corrected chi connectivity index (χ4v) is 2.80. The van der Waals surface area contributed by atoms with E-state index >= 15 is 0 Å². The Labute approximate surface area is 157 Å². The van der Waals surface area contributed by atoms with Crippen molar-refractivity contribution in [2.24, 2.45) is 0 Å². The Kier molecular flexibility index (Phi) is 8.77. The number of nitrogens with zero attached hydrogens (tertiary/aromatic N) is 1. The Morgan fingerprint density at radius 1 is 0.815 bits per heavy atom. The van der Waals surface area contributed by atoms with E-state index in [1.54, 1.807) is 29.2 Å². The van der Waals surface area contributed by atoms with Crippen LogP contribution in [0.25, 0.3) is 0 Å². The lowest BCUT2D eigenvalue weighted by molar-refractivity contribution is -0.0117. The maximum Gasteiger partial charge on any atom is 0.123 e. The van der Waals surface area contributed by atoms with Crippen LogP contribution < -0.4 is 0 Å². The van der Waals surface area contributed by atoms with E-state index in [4.69, 9.17) is 14.9 Å². The van der Waals surface area contributed by atoms with Crippen molar-refractivity contribution in [2.75, 3.05) is 39.5 Å². The monoisotopic (exact) mass is 381 g/mol. The van der Waals surface area contributed by atoms with Crippen LogP contribution in [0.3, 0.4) is 0 Å². The smallest absolute Gasteiger partial charge is 0.123 e.